The smallest absolute Gasteiger partial charge is 0.122 e. The summed E-state index contributed by atoms with van der Waals surface area (Å²) < 4.78 is 10.3. The molecule has 3 aromatic carbocycles. The van der Waals surface area contributed by atoms with E-state index in [0.29, 0.717) is 0 Å². The van der Waals surface area contributed by atoms with Crippen LogP contribution in [0.15, 0.2) is 60.7 Å². The van der Waals surface area contributed by atoms with Crippen LogP contribution in [0, 0.1) is 0 Å². The first-order chi connectivity index (χ1) is 12.2. The molecule has 0 aliphatic heterocycles. The van der Waals surface area contributed by atoms with Gasteiger partial charge in [-0.1, -0.05) is 62.7 Å². The first-order valence-electron chi connectivity index (χ1n) is 8.91. The quantitative estimate of drug-likeness (QED) is 0.564. The Hall–Kier alpha value is -2.48. The van der Waals surface area contributed by atoms with Gasteiger partial charge in [-0.2, -0.15) is 0 Å². The van der Waals surface area contributed by atoms with Crippen molar-refractivity contribution in [1.29, 1.82) is 0 Å². The van der Waals surface area contributed by atoms with Crippen LogP contribution in [0.5, 0.6) is 11.5 Å². The van der Waals surface area contributed by atoms with Crippen molar-refractivity contribution in [3.63, 3.8) is 0 Å². The minimum absolute atomic E-state index is 0.882. The van der Waals surface area contributed by atoms with Crippen LogP contribution < -0.4 is 9.47 Å². The molecular formula is C23H28O2. The van der Waals surface area contributed by atoms with Crippen LogP contribution in [0.4, 0.5) is 0 Å². The van der Waals surface area contributed by atoms with E-state index in [4.69, 9.17) is 9.47 Å². The highest BCUT2D eigenvalue weighted by atomic mass is 16.5. The fourth-order valence-electron chi connectivity index (χ4n) is 2.94. The Kier molecular flexibility index (Phi) is 7.34. The van der Waals surface area contributed by atoms with E-state index in [-0.39, 0.29) is 0 Å². The highest BCUT2D eigenvalue weighted by Crippen LogP contribution is 2.24. The second-order valence-corrected chi connectivity index (χ2v) is 5.92. The molecule has 0 aliphatic carbocycles. The lowest BCUT2D eigenvalue weighted by molar-refractivity contribution is 0.399. The second kappa shape index (κ2) is 9.73. The second-order valence-electron chi connectivity index (χ2n) is 5.92. The minimum atomic E-state index is 0.882. The van der Waals surface area contributed by atoms with Gasteiger partial charge in [0, 0.05) is 0 Å². The monoisotopic (exact) mass is 336 g/mol. The van der Waals surface area contributed by atoms with Crippen LogP contribution >= 0.6 is 0 Å². The molecular weight excluding hydrogens is 308 g/mol. The Morgan fingerprint density at radius 2 is 1.52 bits per heavy atom. The summed E-state index contributed by atoms with van der Waals surface area (Å²) in [7, 11) is 3.35. The highest BCUT2D eigenvalue weighted by molar-refractivity contribution is 5.85. The van der Waals surface area contributed by atoms with Crippen molar-refractivity contribution in [2.45, 2.75) is 33.1 Å². The zero-order valence-electron chi connectivity index (χ0n) is 15.7. The molecule has 0 spiro atoms. The Morgan fingerprint density at radius 1 is 0.760 bits per heavy atom. The molecule has 0 aliphatic rings. The van der Waals surface area contributed by atoms with Crippen molar-refractivity contribution in [3.8, 4) is 11.5 Å². The third-order valence-electron chi connectivity index (χ3n) is 4.27. The molecule has 0 radical (unpaired) electrons. The van der Waals surface area contributed by atoms with E-state index >= 15 is 0 Å². The summed E-state index contributed by atoms with van der Waals surface area (Å²) >= 11 is 0. The molecule has 0 bridgehead atoms. The molecule has 2 nitrogen and oxygen atoms in total. The van der Waals surface area contributed by atoms with Gasteiger partial charge >= 0.3 is 0 Å². The summed E-state index contributed by atoms with van der Waals surface area (Å²) in [6.07, 6.45) is 3.36. The maximum absolute atomic E-state index is 5.18. The van der Waals surface area contributed by atoms with Crippen LogP contribution in [-0.4, -0.2) is 14.2 Å². The molecule has 0 saturated heterocycles. The van der Waals surface area contributed by atoms with E-state index in [0.717, 1.165) is 17.9 Å². The average Bonchev–Trinajstić information content (AvgIpc) is 2.68. The van der Waals surface area contributed by atoms with Crippen molar-refractivity contribution in [1.82, 2.24) is 0 Å². The van der Waals surface area contributed by atoms with Crippen LogP contribution in [0.2, 0.25) is 0 Å². The van der Waals surface area contributed by atoms with E-state index in [2.05, 4.69) is 56.3 Å². The molecule has 0 saturated carbocycles. The average molecular weight is 336 g/mol. The summed E-state index contributed by atoms with van der Waals surface area (Å²) in [5.41, 5.74) is 2.65. The van der Waals surface area contributed by atoms with E-state index in [1.54, 1.807) is 14.2 Å². The van der Waals surface area contributed by atoms with Gasteiger partial charge in [-0.25, -0.2) is 0 Å². The van der Waals surface area contributed by atoms with Gasteiger partial charge in [0.05, 0.1) is 14.2 Å². The molecule has 3 rings (SSSR count). The first kappa shape index (κ1) is 18.9. The fourth-order valence-corrected chi connectivity index (χ4v) is 2.94. The molecule has 0 aromatic heterocycles. The van der Waals surface area contributed by atoms with Crippen molar-refractivity contribution >= 4 is 10.8 Å². The molecule has 2 heteroatoms. The van der Waals surface area contributed by atoms with Crippen LogP contribution in [0.3, 0.4) is 0 Å². The summed E-state index contributed by atoms with van der Waals surface area (Å²) in [5.74, 6) is 1.81. The largest absolute Gasteiger partial charge is 0.497 e. The Balaban J connectivity index is 0.000000181. The van der Waals surface area contributed by atoms with E-state index in [9.17, 15) is 0 Å². The molecule has 3 aromatic rings. The summed E-state index contributed by atoms with van der Waals surface area (Å²) in [4.78, 5) is 0. The van der Waals surface area contributed by atoms with Crippen LogP contribution in [0.25, 0.3) is 10.8 Å². The number of methoxy groups -OCH3 is 2. The number of aryl methyl sites for hydroxylation is 2. The third kappa shape index (κ3) is 4.99. The van der Waals surface area contributed by atoms with Gasteiger partial charge in [0.15, 0.2) is 0 Å². The fraction of sp³-hybridized carbons (Fsp3) is 0.304. The normalized spacial score (nSPS) is 10.1. The van der Waals surface area contributed by atoms with E-state index in [1.165, 1.54) is 34.7 Å². The van der Waals surface area contributed by atoms with Crippen molar-refractivity contribution in [3.05, 3.63) is 71.8 Å². The number of hydrogen-bond donors (Lipinski definition) is 0. The minimum Gasteiger partial charge on any atom is -0.497 e. The van der Waals surface area contributed by atoms with Gasteiger partial charge in [0.1, 0.15) is 11.5 Å². The number of hydrogen-bond acceptors (Lipinski definition) is 2. The Labute approximate surface area is 151 Å². The SMILES string of the molecule is CCCc1cccc2ccccc12.CCc1cc(OC)ccc1OC. The van der Waals surface area contributed by atoms with Gasteiger partial charge in [0.2, 0.25) is 0 Å². The first-order valence-corrected chi connectivity index (χ1v) is 8.91. The molecule has 25 heavy (non-hydrogen) atoms. The lowest BCUT2D eigenvalue weighted by Gasteiger charge is -2.07. The Morgan fingerprint density at radius 3 is 2.20 bits per heavy atom. The number of ether oxygens (including phenoxy) is 2. The molecule has 0 amide bonds. The van der Waals surface area contributed by atoms with Gasteiger partial charge in [-0.3, -0.25) is 0 Å². The molecule has 0 atom stereocenters. The van der Waals surface area contributed by atoms with Gasteiger partial charge in [0.25, 0.3) is 0 Å². The predicted octanol–water partition coefficient (Wildman–Crippen LogP) is 6.06. The Bertz CT molecular complexity index is 788. The number of rotatable bonds is 5. The van der Waals surface area contributed by atoms with Crippen LogP contribution in [-0.2, 0) is 12.8 Å². The lowest BCUT2D eigenvalue weighted by Crippen LogP contribution is -1.91. The summed E-state index contributed by atoms with van der Waals surface area (Å²) in [5, 5.41) is 2.76. The number of benzene rings is 3. The third-order valence-corrected chi connectivity index (χ3v) is 4.27. The maximum atomic E-state index is 5.18. The molecule has 0 heterocycles. The van der Waals surface area contributed by atoms with E-state index < -0.39 is 0 Å². The molecule has 0 fully saturated rings. The maximum Gasteiger partial charge on any atom is 0.122 e. The lowest BCUT2D eigenvalue weighted by atomic mass is 10.0. The van der Waals surface area contributed by atoms with Crippen molar-refractivity contribution < 1.29 is 9.47 Å². The van der Waals surface area contributed by atoms with Gasteiger partial charge in [-0.05, 0) is 52.9 Å². The van der Waals surface area contributed by atoms with Crippen molar-refractivity contribution in [2.24, 2.45) is 0 Å². The zero-order chi connectivity index (χ0) is 18.1. The topological polar surface area (TPSA) is 18.5 Å². The van der Waals surface area contributed by atoms with E-state index in [1.807, 2.05) is 18.2 Å². The standard InChI is InChI=1S/C13H14.C10H14O2/c1-2-6-11-8-5-9-12-7-3-4-10-13(11)12;1-4-8-7-9(11-2)5-6-10(8)12-3/h3-5,7-10H,2,6H2,1H3;5-7H,4H2,1-3H3. The summed E-state index contributed by atoms with van der Waals surface area (Å²) in [6.45, 7) is 4.32. The van der Waals surface area contributed by atoms with Crippen molar-refractivity contribution in [2.75, 3.05) is 14.2 Å². The van der Waals surface area contributed by atoms with Crippen LogP contribution in [0.1, 0.15) is 31.4 Å². The summed E-state index contributed by atoms with van der Waals surface area (Å²) in [6, 6.07) is 21.0. The van der Waals surface area contributed by atoms with Gasteiger partial charge < -0.3 is 9.47 Å². The molecule has 132 valence electrons. The highest BCUT2D eigenvalue weighted by Gasteiger charge is 2.01. The van der Waals surface area contributed by atoms with Gasteiger partial charge in [-0.15, -0.1) is 0 Å². The number of fused-ring (bicyclic) bond motifs is 1. The zero-order valence-corrected chi connectivity index (χ0v) is 15.7. The molecule has 0 unspecified atom stereocenters. The predicted molar refractivity (Wildman–Crippen MR) is 107 cm³/mol. The molecule has 0 N–H and O–H groups in total.